The summed E-state index contributed by atoms with van der Waals surface area (Å²) in [5.41, 5.74) is 4.82. The zero-order valence-electron chi connectivity index (χ0n) is 9.66. The van der Waals surface area contributed by atoms with E-state index in [2.05, 4.69) is 51.9 Å². The van der Waals surface area contributed by atoms with Gasteiger partial charge in [-0.1, -0.05) is 24.3 Å². The number of hydrogen-bond acceptors (Lipinski definition) is 1. The Kier molecular flexibility index (Phi) is 3.16. The first-order valence-electron chi connectivity index (χ1n) is 5.82. The van der Waals surface area contributed by atoms with Crippen molar-refractivity contribution in [2.24, 2.45) is 0 Å². The maximum absolute atomic E-state index is 13.1. The topological polar surface area (TPSA) is 12.9 Å². The lowest BCUT2D eigenvalue weighted by molar-refractivity contribution is 0.582. The van der Waals surface area contributed by atoms with Gasteiger partial charge >= 0.3 is 0 Å². The van der Waals surface area contributed by atoms with Crippen molar-refractivity contribution in [2.45, 2.75) is 12.8 Å². The molecule has 90 valence electrons. The largest absolute Gasteiger partial charge is 0.228 e. The van der Waals surface area contributed by atoms with Gasteiger partial charge in [0.15, 0.2) is 0 Å². The number of aromatic nitrogens is 1. The van der Waals surface area contributed by atoms with Gasteiger partial charge in [0.25, 0.3) is 0 Å². The van der Waals surface area contributed by atoms with Gasteiger partial charge in [0.2, 0.25) is 5.95 Å². The molecule has 0 radical (unpaired) electrons. The number of pyridine rings is 1. The van der Waals surface area contributed by atoms with Crippen LogP contribution < -0.4 is 0 Å². The molecule has 0 aromatic carbocycles. The highest BCUT2D eigenvalue weighted by atomic mass is 127. The lowest BCUT2D eigenvalue weighted by atomic mass is 9.97. The molecule has 3 heteroatoms. The molecule has 0 unspecified atom stereocenters. The first-order valence-corrected chi connectivity index (χ1v) is 6.90. The highest BCUT2D eigenvalue weighted by Gasteiger charge is 2.19. The SMILES string of the molecule is Fc1cc(CC2=C3C(I)=CCC=C3C=C2)ccn1. The normalized spacial score (nSPS) is 17.7. The van der Waals surface area contributed by atoms with Gasteiger partial charge in [0.1, 0.15) is 0 Å². The van der Waals surface area contributed by atoms with Gasteiger partial charge in [0.05, 0.1) is 0 Å². The Morgan fingerprint density at radius 3 is 3.00 bits per heavy atom. The van der Waals surface area contributed by atoms with Gasteiger partial charge in [-0.15, -0.1) is 0 Å². The summed E-state index contributed by atoms with van der Waals surface area (Å²) in [6.07, 6.45) is 12.0. The first-order chi connectivity index (χ1) is 8.74. The van der Waals surface area contributed by atoms with Crippen LogP contribution in [0.25, 0.3) is 0 Å². The van der Waals surface area contributed by atoms with Gasteiger partial charge < -0.3 is 0 Å². The van der Waals surface area contributed by atoms with Crippen LogP contribution in [0.5, 0.6) is 0 Å². The van der Waals surface area contributed by atoms with Crippen molar-refractivity contribution in [1.82, 2.24) is 4.98 Å². The third kappa shape index (κ3) is 2.19. The second kappa shape index (κ2) is 4.80. The fourth-order valence-corrected chi connectivity index (χ4v) is 3.23. The molecule has 1 nitrogen and oxygen atoms in total. The molecule has 1 aromatic heterocycles. The molecule has 0 amide bonds. The van der Waals surface area contributed by atoms with Gasteiger partial charge in [-0.05, 0) is 69.8 Å². The van der Waals surface area contributed by atoms with Crippen LogP contribution in [-0.4, -0.2) is 4.98 Å². The number of rotatable bonds is 2. The Morgan fingerprint density at radius 2 is 2.17 bits per heavy atom. The van der Waals surface area contributed by atoms with Gasteiger partial charge in [-0.2, -0.15) is 4.39 Å². The van der Waals surface area contributed by atoms with Gasteiger partial charge in [-0.3, -0.25) is 0 Å². The lowest BCUT2D eigenvalue weighted by Gasteiger charge is -2.12. The smallest absolute Gasteiger partial charge is 0.213 e. The highest BCUT2D eigenvalue weighted by Crippen LogP contribution is 2.38. The molecule has 1 heterocycles. The predicted octanol–water partition coefficient (Wildman–Crippen LogP) is 4.28. The van der Waals surface area contributed by atoms with Crippen LogP contribution in [0.1, 0.15) is 12.0 Å². The number of allylic oxidation sites excluding steroid dienone is 8. The minimum absolute atomic E-state index is 0.412. The minimum atomic E-state index is -0.412. The maximum atomic E-state index is 13.1. The van der Waals surface area contributed by atoms with E-state index in [9.17, 15) is 4.39 Å². The molecular formula is C15H11FIN. The summed E-state index contributed by atoms with van der Waals surface area (Å²) in [4.78, 5) is 3.59. The molecule has 0 atom stereocenters. The van der Waals surface area contributed by atoms with E-state index < -0.39 is 5.95 Å². The van der Waals surface area contributed by atoms with E-state index in [-0.39, 0.29) is 0 Å². The maximum Gasteiger partial charge on any atom is 0.213 e. The van der Waals surface area contributed by atoms with Crippen molar-refractivity contribution in [3.05, 3.63) is 74.4 Å². The van der Waals surface area contributed by atoms with Crippen LogP contribution >= 0.6 is 22.6 Å². The Labute approximate surface area is 119 Å². The summed E-state index contributed by atoms with van der Waals surface area (Å²) in [7, 11) is 0. The highest BCUT2D eigenvalue weighted by molar-refractivity contribution is 14.1. The second-order valence-corrected chi connectivity index (χ2v) is 5.51. The van der Waals surface area contributed by atoms with E-state index in [0.29, 0.717) is 0 Å². The summed E-state index contributed by atoms with van der Waals surface area (Å²) in [5, 5.41) is 0. The van der Waals surface area contributed by atoms with Crippen molar-refractivity contribution in [3.63, 3.8) is 0 Å². The van der Waals surface area contributed by atoms with Crippen molar-refractivity contribution >= 4 is 22.6 Å². The van der Waals surface area contributed by atoms with Gasteiger partial charge in [0, 0.05) is 9.78 Å². The summed E-state index contributed by atoms with van der Waals surface area (Å²) >= 11 is 2.37. The first kappa shape index (κ1) is 11.8. The Balaban J connectivity index is 1.96. The van der Waals surface area contributed by atoms with Crippen LogP contribution in [0.3, 0.4) is 0 Å². The molecule has 18 heavy (non-hydrogen) atoms. The Hall–Kier alpha value is -1.23. The van der Waals surface area contributed by atoms with E-state index >= 15 is 0 Å². The van der Waals surface area contributed by atoms with Crippen LogP contribution in [0.2, 0.25) is 0 Å². The minimum Gasteiger partial charge on any atom is -0.228 e. The summed E-state index contributed by atoms with van der Waals surface area (Å²) < 4.78 is 14.4. The average Bonchev–Trinajstić information content (AvgIpc) is 2.74. The molecule has 0 aliphatic heterocycles. The Morgan fingerprint density at radius 1 is 1.28 bits per heavy atom. The molecule has 0 saturated heterocycles. The van der Waals surface area contributed by atoms with E-state index in [4.69, 9.17) is 0 Å². The fourth-order valence-electron chi connectivity index (χ4n) is 2.31. The lowest BCUT2D eigenvalue weighted by Crippen LogP contribution is -1.96. The van der Waals surface area contributed by atoms with Crippen molar-refractivity contribution in [2.75, 3.05) is 0 Å². The average molecular weight is 351 g/mol. The monoisotopic (exact) mass is 351 g/mol. The molecule has 3 rings (SSSR count). The number of halogens is 2. The third-order valence-corrected chi connectivity index (χ3v) is 4.11. The molecule has 0 bridgehead atoms. The van der Waals surface area contributed by atoms with E-state index in [1.165, 1.54) is 32.6 Å². The van der Waals surface area contributed by atoms with Crippen molar-refractivity contribution < 1.29 is 4.39 Å². The molecule has 2 aliphatic rings. The third-order valence-electron chi connectivity index (χ3n) is 3.13. The molecule has 0 fully saturated rings. The van der Waals surface area contributed by atoms with Crippen LogP contribution in [-0.2, 0) is 6.42 Å². The summed E-state index contributed by atoms with van der Waals surface area (Å²) in [6, 6.07) is 3.37. The molecular weight excluding hydrogens is 340 g/mol. The summed E-state index contributed by atoms with van der Waals surface area (Å²) in [5.74, 6) is -0.412. The standard InChI is InChI=1S/C15H11FIN/c16-14-9-10(6-7-18-14)8-12-5-4-11-2-1-3-13(17)15(11)12/h2-7,9H,1,8H2. The molecule has 2 aliphatic carbocycles. The number of nitrogens with zero attached hydrogens (tertiary/aromatic N) is 1. The zero-order valence-corrected chi connectivity index (χ0v) is 11.8. The van der Waals surface area contributed by atoms with E-state index in [0.717, 1.165) is 18.4 Å². The molecule has 0 N–H and O–H groups in total. The van der Waals surface area contributed by atoms with Gasteiger partial charge in [-0.25, -0.2) is 4.98 Å². The number of fused-ring (bicyclic) bond motifs is 1. The summed E-state index contributed by atoms with van der Waals surface area (Å²) in [6.45, 7) is 0. The van der Waals surface area contributed by atoms with Crippen LogP contribution in [0.15, 0.2) is 62.9 Å². The quantitative estimate of drug-likeness (QED) is 0.573. The van der Waals surface area contributed by atoms with E-state index in [1.807, 2.05) is 6.07 Å². The van der Waals surface area contributed by atoms with Crippen LogP contribution in [0, 0.1) is 5.95 Å². The fraction of sp³-hybridized carbons (Fsp3) is 0.133. The molecule has 0 spiro atoms. The van der Waals surface area contributed by atoms with E-state index in [1.54, 1.807) is 0 Å². The predicted molar refractivity (Wildman–Crippen MR) is 78.9 cm³/mol. The van der Waals surface area contributed by atoms with Crippen LogP contribution in [0.4, 0.5) is 4.39 Å². The second-order valence-electron chi connectivity index (χ2n) is 4.34. The van der Waals surface area contributed by atoms with Crippen molar-refractivity contribution in [1.29, 1.82) is 0 Å². The molecule has 1 aromatic rings. The van der Waals surface area contributed by atoms with Crippen molar-refractivity contribution in [3.8, 4) is 0 Å². The molecule has 0 saturated carbocycles. The Bertz CT molecular complexity index is 623. The zero-order chi connectivity index (χ0) is 12.5. The number of hydrogen-bond donors (Lipinski definition) is 0.